The lowest BCUT2D eigenvalue weighted by Crippen LogP contribution is -2.34. The van der Waals surface area contributed by atoms with E-state index in [4.69, 9.17) is 14.6 Å². The van der Waals surface area contributed by atoms with Gasteiger partial charge in [-0.15, -0.1) is 0 Å². The zero-order valence-electron chi connectivity index (χ0n) is 14.7. The molecule has 1 aromatic rings. The highest BCUT2D eigenvalue weighted by Gasteiger charge is 2.16. The number of aryl methyl sites for hydroxylation is 1. The number of alkyl halides is 1. The molecule has 1 unspecified atom stereocenters. The van der Waals surface area contributed by atoms with E-state index in [2.05, 4.69) is 5.32 Å². The van der Waals surface area contributed by atoms with Crippen LogP contribution in [0.15, 0.2) is 12.1 Å². The van der Waals surface area contributed by atoms with Crippen LogP contribution in [0.25, 0.3) is 0 Å². The van der Waals surface area contributed by atoms with Crippen LogP contribution in [-0.4, -0.2) is 38.1 Å². The highest BCUT2D eigenvalue weighted by molar-refractivity contribution is 5.65. The zero-order valence-corrected chi connectivity index (χ0v) is 14.7. The molecule has 1 atom stereocenters. The molecule has 0 aliphatic heterocycles. The van der Waals surface area contributed by atoms with Crippen LogP contribution in [0.4, 0.5) is 9.18 Å². The molecule has 0 saturated heterocycles. The molecule has 0 aliphatic carbocycles. The van der Waals surface area contributed by atoms with E-state index in [0.717, 1.165) is 41.9 Å². The van der Waals surface area contributed by atoms with Crippen molar-refractivity contribution in [3.63, 3.8) is 0 Å². The summed E-state index contributed by atoms with van der Waals surface area (Å²) in [5, 5.41) is 11.4. The first-order valence-corrected chi connectivity index (χ1v) is 8.34. The maximum atomic E-state index is 12.2. The molecule has 1 amide bonds. The van der Waals surface area contributed by atoms with Crippen LogP contribution in [0.2, 0.25) is 0 Å². The van der Waals surface area contributed by atoms with Gasteiger partial charge in [0.1, 0.15) is 11.5 Å². The van der Waals surface area contributed by atoms with Gasteiger partial charge < -0.3 is 19.9 Å². The Balaban J connectivity index is 2.94. The van der Waals surface area contributed by atoms with Gasteiger partial charge in [-0.1, -0.05) is 13.3 Å². The molecule has 2 N–H and O–H groups in total. The average Bonchev–Trinajstić information content (AvgIpc) is 2.57. The molecule has 0 aromatic heterocycles. The number of ether oxygens (including phenoxy) is 2. The number of unbranched alkanes of at least 4 members (excludes halogenated alkanes) is 2. The van der Waals surface area contributed by atoms with Crippen molar-refractivity contribution in [1.29, 1.82) is 0 Å². The van der Waals surface area contributed by atoms with Crippen LogP contribution >= 0.6 is 0 Å². The van der Waals surface area contributed by atoms with Crippen LogP contribution in [0.1, 0.15) is 43.7 Å². The van der Waals surface area contributed by atoms with E-state index in [1.54, 1.807) is 14.2 Å². The number of hydrogen-bond donors (Lipinski definition) is 2. The fourth-order valence-corrected chi connectivity index (χ4v) is 2.70. The van der Waals surface area contributed by atoms with Crippen molar-refractivity contribution < 1.29 is 23.8 Å². The van der Waals surface area contributed by atoms with E-state index in [1.165, 1.54) is 0 Å². The smallest absolute Gasteiger partial charge is 0.404 e. The van der Waals surface area contributed by atoms with E-state index >= 15 is 0 Å². The third-order valence-electron chi connectivity index (χ3n) is 4.05. The van der Waals surface area contributed by atoms with E-state index in [-0.39, 0.29) is 12.7 Å². The standard InChI is InChI=1S/C18H28FNO4/c1-4-15(20-18(21)22)10-14-12-16(23-2)13(11-17(14)24-3)8-6-5-7-9-19/h11-12,15,20H,4-10H2,1-3H3,(H,21,22). The van der Waals surface area contributed by atoms with Crippen molar-refractivity contribution in [3.05, 3.63) is 23.3 Å². The summed E-state index contributed by atoms with van der Waals surface area (Å²) in [6.07, 6.45) is 3.29. The fraction of sp³-hybridized carbons (Fsp3) is 0.611. The first-order chi connectivity index (χ1) is 11.5. The van der Waals surface area contributed by atoms with Gasteiger partial charge >= 0.3 is 6.09 Å². The molecule has 0 saturated carbocycles. The zero-order chi connectivity index (χ0) is 17.9. The van der Waals surface area contributed by atoms with Crippen molar-refractivity contribution in [3.8, 4) is 11.5 Å². The normalized spacial score (nSPS) is 11.8. The highest BCUT2D eigenvalue weighted by Crippen LogP contribution is 2.31. The number of carbonyl (C=O) groups is 1. The maximum absolute atomic E-state index is 12.2. The monoisotopic (exact) mass is 341 g/mol. The van der Waals surface area contributed by atoms with E-state index in [9.17, 15) is 9.18 Å². The van der Waals surface area contributed by atoms with Gasteiger partial charge in [0.05, 0.1) is 20.9 Å². The summed E-state index contributed by atoms with van der Waals surface area (Å²) in [6, 6.07) is 3.67. The largest absolute Gasteiger partial charge is 0.496 e. The molecule has 1 rings (SSSR count). The minimum atomic E-state index is -1.03. The number of methoxy groups -OCH3 is 2. The van der Waals surface area contributed by atoms with Gasteiger partial charge in [0.2, 0.25) is 0 Å². The predicted octanol–water partition coefficient (Wildman–Crippen LogP) is 3.97. The molecule has 5 nitrogen and oxygen atoms in total. The lowest BCUT2D eigenvalue weighted by atomic mass is 9.98. The van der Waals surface area contributed by atoms with Crippen LogP contribution in [0, 0.1) is 0 Å². The lowest BCUT2D eigenvalue weighted by molar-refractivity contribution is 0.189. The second-order valence-electron chi connectivity index (χ2n) is 5.73. The van der Waals surface area contributed by atoms with Crippen molar-refractivity contribution in [2.24, 2.45) is 0 Å². The minimum absolute atomic E-state index is 0.184. The number of benzene rings is 1. The molecule has 24 heavy (non-hydrogen) atoms. The van der Waals surface area contributed by atoms with Gasteiger partial charge in [-0.3, -0.25) is 4.39 Å². The summed E-state index contributed by atoms with van der Waals surface area (Å²) in [4.78, 5) is 10.9. The summed E-state index contributed by atoms with van der Waals surface area (Å²) in [6.45, 7) is 1.65. The van der Waals surface area contributed by atoms with Gasteiger partial charge in [0, 0.05) is 6.04 Å². The predicted molar refractivity (Wildman–Crippen MR) is 92.0 cm³/mol. The van der Waals surface area contributed by atoms with Crippen molar-refractivity contribution in [2.45, 2.75) is 51.5 Å². The Bertz CT molecular complexity index is 522. The Labute approximate surface area is 143 Å². The maximum Gasteiger partial charge on any atom is 0.404 e. The molecule has 6 heteroatoms. The topological polar surface area (TPSA) is 67.8 Å². The van der Waals surface area contributed by atoms with Crippen LogP contribution in [-0.2, 0) is 12.8 Å². The summed E-state index contributed by atoms with van der Waals surface area (Å²) >= 11 is 0. The Morgan fingerprint density at radius 2 is 1.79 bits per heavy atom. The Kier molecular flexibility index (Phi) is 8.97. The molecule has 0 heterocycles. The molecule has 0 spiro atoms. The first kappa shape index (κ1) is 20.1. The molecular weight excluding hydrogens is 313 g/mol. The SMILES string of the molecule is CCC(Cc1cc(OC)c(CCCCCF)cc1OC)NC(=O)O. The van der Waals surface area contributed by atoms with Gasteiger partial charge in [-0.2, -0.15) is 0 Å². The number of halogens is 1. The number of hydrogen-bond acceptors (Lipinski definition) is 3. The van der Waals surface area contributed by atoms with Crippen molar-refractivity contribution in [2.75, 3.05) is 20.9 Å². The number of rotatable bonds is 11. The molecular formula is C18H28FNO4. The molecule has 1 aromatic carbocycles. The van der Waals surface area contributed by atoms with E-state index in [0.29, 0.717) is 19.3 Å². The quantitative estimate of drug-likeness (QED) is 0.598. The molecule has 136 valence electrons. The Hall–Kier alpha value is -1.98. The number of amides is 1. The van der Waals surface area contributed by atoms with Crippen LogP contribution in [0.3, 0.4) is 0 Å². The Morgan fingerprint density at radius 3 is 2.33 bits per heavy atom. The summed E-state index contributed by atoms with van der Waals surface area (Å²) in [7, 11) is 3.22. The van der Waals surface area contributed by atoms with E-state index < -0.39 is 6.09 Å². The summed E-state index contributed by atoms with van der Waals surface area (Å²) < 4.78 is 23.1. The van der Waals surface area contributed by atoms with Gasteiger partial charge in [0.25, 0.3) is 0 Å². The molecule has 0 aliphatic rings. The summed E-state index contributed by atoms with van der Waals surface area (Å²) in [5.74, 6) is 1.48. The first-order valence-electron chi connectivity index (χ1n) is 8.34. The number of nitrogens with one attached hydrogen (secondary N) is 1. The minimum Gasteiger partial charge on any atom is -0.496 e. The van der Waals surface area contributed by atoms with Crippen molar-refractivity contribution >= 4 is 6.09 Å². The molecule has 0 radical (unpaired) electrons. The van der Waals surface area contributed by atoms with Gasteiger partial charge in [-0.25, -0.2) is 4.79 Å². The van der Waals surface area contributed by atoms with Crippen LogP contribution < -0.4 is 14.8 Å². The fourth-order valence-electron chi connectivity index (χ4n) is 2.70. The van der Waals surface area contributed by atoms with E-state index in [1.807, 2.05) is 19.1 Å². The average molecular weight is 341 g/mol. The second-order valence-corrected chi connectivity index (χ2v) is 5.73. The summed E-state index contributed by atoms with van der Waals surface area (Å²) in [5.41, 5.74) is 1.93. The second kappa shape index (κ2) is 10.7. The molecule has 0 bridgehead atoms. The third-order valence-corrected chi connectivity index (χ3v) is 4.05. The molecule has 0 fully saturated rings. The van der Waals surface area contributed by atoms with Gasteiger partial charge in [0.15, 0.2) is 0 Å². The number of carboxylic acid groups (broad SMARTS) is 1. The lowest BCUT2D eigenvalue weighted by Gasteiger charge is -2.19. The Morgan fingerprint density at radius 1 is 1.17 bits per heavy atom. The third kappa shape index (κ3) is 6.26. The van der Waals surface area contributed by atoms with Crippen molar-refractivity contribution in [1.82, 2.24) is 5.32 Å². The van der Waals surface area contributed by atoms with Crippen LogP contribution in [0.5, 0.6) is 11.5 Å². The highest BCUT2D eigenvalue weighted by atomic mass is 19.1. The van der Waals surface area contributed by atoms with Gasteiger partial charge in [-0.05, 0) is 55.4 Å².